The average Bonchev–Trinajstić information content (AvgIpc) is 3.26. The lowest BCUT2D eigenvalue weighted by Crippen LogP contribution is -2.35. The van der Waals surface area contributed by atoms with E-state index >= 15 is 0 Å². The number of nitrogens with zero attached hydrogens (tertiary/aromatic N) is 3. The number of carbonyl (C=O) groups is 2. The highest BCUT2D eigenvalue weighted by molar-refractivity contribution is 7.89. The molecule has 1 aliphatic carbocycles. The fraction of sp³-hybridized carbons (Fsp3) is 0. The lowest BCUT2D eigenvalue weighted by Gasteiger charge is -2.19. The van der Waals surface area contributed by atoms with Gasteiger partial charge in [0.2, 0.25) is 17.3 Å². The molecule has 0 unspecified atom stereocenters. The van der Waals surface area contributed by atoms with Gasteiger partial charge in [-0.25, -0.2) is 13.0 Å². The van der Waals surface area contributed by atoms with Crippen LogP contribution in [0.4, 0.5) is 5.69 Å². The molecule has 1 N–H and O–H groups in total. The molecule has 0 atom stereocenters. The van der Waals surface area contributed by atoms with Crippen molar-refractivity contribution in [1.82, 2.24) is 9.29 Å². The minimum absolute atomic E-state index is 0.0615. The lowest BCUT2D eigenvalue weighted by molar-refractivity contribution is -0.566. The Morgan fingerprint density at radius 3 is 2.22 bits per heavy atom. The number of non-ortho nitro benzene ring substituents is 1. The second-order valence-electron chi connectivity index (χ2n) is 6.73. The highest BCUT2D eigenvalue weighted by Crippen LogP contribution is 2.29. The van der Waals surface area contributed by atoms with E-state index in [2.05, 4.69) is 11.3 Å². The van der Waals surface area contributed by atoms with Crippen LogP contribution < -0.4 is 9.29 Å². The summed E-state index contributed by atoms with van der Waals surface area (Å²) < 4.78 is 31.0. The Kier molecular flexibility index (Phi) is 5.03. The number of aromatic nitrogens is 2. The Bertz CT molecular complexity index is 1430. The van der Waals surface area contributed by atoms with Gasteiger partial charge in [-0.2, -0.15) is 4.57 Å². The van der Waals surface area contributed by atoms with Gasteiger partial charge in [0.05, 0.1) is 16.0 Å². The van der Waals surface area contributed by atoms with Crippen molar-refractivity contribution in [3.05, 3.63) is 101 Å². The molecule has 1 aliphatic rings. The molecule has 0 aliphatic heterocycles. The molecule has 10 nitrogen and oxygen atoms in total. The maximum atomic E-state index is 13.2. The number of fused-ring (bicyclic) bond motifs is 1. The first kappa shape index (κ1) is 20.9. The Morgan fingerprint density at radius 2 is 1.66 bits per heavy atom. The van der Waals surface area contributed by atoms with E-state index in [4.69, 9.17) is 0 Å². The molecule has 0 radical (unpaired) electrons. The summed E-state index contributed by atoms with van der Waals surface area (Å²) in [4.78, 5) is 36.3. The number of hydrogen-bond donors (Lipinski definition) is 1. The van der Waals surface area contributed by atoms with Crippen molar-refractivity contribution in [1.29, 1.82) is 0 Å². The lowest BCUT2D eigenvalue weighted by atomic mass is 9.90. The number of Topliss-reactive ketones (excluding diaryl/α,β-unsaturated/α-hetero) is 2. The molecule has 0 saturated heterocycles. The highest BCUT2D eigenvalue weighted by Gasteiger charge is 2.38. The Balaban J connectivity index is 1.86. The molecule has 0 bridgehead atoms. The summed E-state index contributed by atoms with van der Waals surface area (Å²) in [6.45, 7) is 3.62. The molecular formula is C21H15N4O6S+. The number of nitro benzene ring substituents is 1. The van der Waals surface area contributed by atoms with Crippen molar-refractivity contribution in [3.8, 4) is 0 Å². The standard InChI is InChI=1S/C21H14N4O6S/c1-2-23-11-12-24(13-23)19-18(20(26)16-5-3-4-6-17(16)21(19)27)22-32(30,31)15-9-7-14(8-10-15)25(28)29/h2-13H,1H2/p+1. The zero-order valence-electron chi connectivity index (χ0n) is 16.3. The zero-order valence-corrected chi connectivity index (χ0v) is 17.2. The molecule has 0 amide bonds. The van der Waals surface area contributed by atoms with Gasteiger partial charge in [-0.3, -0.25) is 24.4 Å². The fourth-order valence-electron chi connectivity index (χ4n) is 3.25. The van der Waals surface area contributed by atoms with Gasteiger partial charge in [0.25, 0.3) is 22.0 Å². The normalized spacial score (nSPS) is 13.6. The number of nitro groups is 1. The molecule has 32 heavy (non-hydrogen) atoms. The van der Waals surface area contributed by atoms with Gasteiger partial charge in [0.1, 0.15) is 18.1 Å². The third kappa shape index (κ3) is 3.50. The number of nitrogens with one attached hydrogen (secondary N) is 1. The second kappa shape index (κ2) is 7.71. The van der Waals surface area contributed by atoms with E-state index in [-0.39, 0.29) is 27.4 Å². The fourth-order valence-corrected chi connectivity index (χ4v) is 4.32. The average molecular weight is 451 g/mol. The van der Waals surface area contributed by atoms with Gasteiger partial charge in [0, 0.05) is 23.3 Å². The summed E-state index contributed by atoms with van der Waals surface area (Å²) in [5.74, 6) is -1.23. The molecule has 11 heteroatoms. The maximum Gasteiger partial charge on any atom is 0.269 e. The molecule has 2 aromatic carbocycles. The van der Waals surface area contributed by atoms with Gasteiger partial charge in [0.15, 0.2) is 0 Å². The first-order valence-corrected chi connectivity index (χ1v) is 10.6. The maximum absolute atomic E-state index is 13.2. The number of rotatable bonds is 6. The minimum Gasteiger partial charge on any atom is -0.287 e. The molecule has 4 rings (SSSR count). The van der Waals surface area contributed by atoms with Crippen molar-refractivity contribution in [2.75, 3.05) is 0 Å². The molecular weight excluding hydrogens is 436 g/mol. The van der Waals surface area contributed by atoms with Gasteiger partial charge in [-0.05, 0) is 12.1 Å². The van der Waals surface area contributed by atoms with Gasteiger partial charge in [-0.1, -0.05) is 30.8 Å². The van der Waals surface area contributed by atoms with Crippen molar-refractivity contribution >= 4 is 39.2 Å². The predicted octanol–water partition coefficient (Wildman–Crippen LogP) is 2.01. The monoisotopic (exact) mass is 451 g/mol. The van der Waals surface area contributed by atoms with E-state index in [0.29, 0.717) is 0 Å². The van der Waals surface area contributed by atoms with Crippen LogP contribution in [0.25, 0.3) is 11.9 Å². The first-order chi connectivity index (χ1) is 15.2. The van der Waals surface area contributed by atoms with Gasteiger partial charge in [-0.15, -0.1) is 0 Å². The zero-order chi connectivity index (χ0) is 23.0. The Hall–Kier alpha value is -4.38. The number of ketones is 2. The van der Waals surface area contributed by atoms with Gasteiger partial charge < -0.3 is 0 Å². The second-order valence-corrected chi connectivity index (χ2v) is 8.42. The highest BCUT2D eigenvalue weighted by atomic mass is 32.2. The van der Waals surface area contributed by atoms with Crippen molar-refractivity contribution in [3.63, 3.8) is 0 Å². The van der Waals surface area contributed by atoms with E-state index in [1.54, 1.807) is 18.3 Å². The smallest absolute Gasteiger partial charge is 0.269 e. The van der Waals surface area contributed by atoms with E-state index in [1.807, 2.05) is 0 Å². The van der Waals surface area contributed by atoms with Crippen LogP contribution in [0.3, 0.4) is 0 Å². The summed E-state index contributed by atoms with van der Waals surface area (Å²) in [5, 5.41) is 10.8. The van der Waals surface area contributed by atoms with Crippen LogP contribution in [0.5, 0.6) is 0 Å². The van der Waals surface area contributed by atoms with E-state index in [0.717, 1.165) is 24.3 Å². The quantitative estimate of drug-likeness (QED) is 0.346. The van der Waals surface area contributed by atoms with Crippen LogP contribution in [-0.2, 0) is 10.0 Å². The number of benzene rings is 2. The third-order valence-electron chi connectivity index (χ3n) is 4.82. The molecule has 1 aromatic heterocycles. The molecule has 1 heterocycles. The molecule has 0 fully saturated rings. The van der Waals surface area contributed by atoms with Crippen molar-refractivity contribution in [2.45, 2.75) is 4.90 Å². The summed E-state index contributed by atoms with van der Waals surface area (Å²) >= 11 is 0. The van der Waals surface area contributed by atoms with Crippen molar-refractivity contribution < 1.29 is 27.5 Å². The first-order valence-electron chi connectivity index (χ1n) is 9.14. The van der Waals surface area contributed by atoms with Crippen LogP contribution >= 0.6 is 0 Å². The molecule has 0 spiro atoms. The number of hydrogen-bond acceptors (Lipinski definition) is 6. The van der Waals surface area contributed by atoms with E-state index in [9.17, 15) is 28.1 Å². The molecule has 3 aromatic rings. The molecule has 160 valence electrons. The summed E-state index contributed by atoms with van der Waals surface area (Å²) in [7, 11) is -4.34. The number of imidazole rings is 1. The Morgan fingerprint density at radius 1 is 1.03 bits per heavy atom. The van der Waals surface area contributed by atoms with Crippen LogP contribution in [0.2, 0.25) is 0 Å². The molecule has 0 saturated carbocycles. The van der Waals surface area contributed by atoms with Crippen LogP contribution in [0, 0.1) is 10.1 Å². The van der Waals surface area contributed by atoms with Crippen molar-refractivity contribution in [2.24, 2.45) is 0 Å². The number of allylic oxidation sites excluding steroid dienone is 2. The minimum atomic E-state index is -4.34. The number of carbonyl (C=O) groups excluding carboxylic acids is 2. The van der Waals surface area contributed by atoms with Gasteiger partial charge >= 0.3 is 0 Å². The largest absolute Gasteiger partial charge is 0.287 e. The predicted molar refractivity (Wildman–Crippen MR) is 113 cm³/mol. The number of sulfonamides is 1. The summed E-state index contributed by atoms with van der Waals surface area (Å²) in [6, 6.07) is 10.3. The Labute approximate surface area is 181 Å². The van der Waals surface area contributed by atoms with Crippen LogP contribution in [-0.4, -0.2) is 29.5 Å². The topological polar surface area (TPSA) is 132 Å². The summed E-state index contributed by atoms with van der Waals surface area (Å²) in [6.07, 6.45) is 5.97. The summed E-state index contributed by atoms with van der Waals surface area (Å²) in [5.41, 5.74) is -0.697. The third-order valence-corrected chi connectivity index (χ3v) is 6.18. The van der Waals surface area contributed by atoms with E-state index < -0.39 is 32.2 Å². The SMILES string of the molecule is C=C[n+]1ccn(C2=C(NS(=O)(=O)c3ccc([N+](=O)[O-])cc3)C(=O)c3ccccc3C2=O)c1. The van der Waals surface area contributed by atoms with E-state index in [1.165, 1.54) is 40.0 Å². The van der Waals surface area contributed by atoms with Crippen LogP contribution in [0.15, 0.2) is 84.4 Å². The van der Waals surface area contributed by atoms with Crippen LogP contribution in [0.1, 0.15) is 20.7 Å².